The van der Waals surface area contributed by atoms with Crippen LogP contribution >= 0.6 is 0 Å². The first-order valence-electron chi connectivity index (χ1n) is 5.73. The number of hydrogen-bond donors (Lipinski definition) is 1. The Morgan fingerprint density at radius 2 is 2.18 bits per heavy atom. The minimum absolute atomic E-state index is 0.529. The van der Waals surface area contributed by atoms with E-state index in [1.807, 2.05) is 20.8 Å². The molecule has 0 aliphatic carbocycles. The average Bonchev–Trinajstić information content (AvgIpc) is 2.28. The van der Waals surface area contributed by atoms with Gasteiger partial charge in [-0.25, -0.2) is 4.98 Å². The molecule has 1 aromatic rings. The highest BCUT2D eigenvalue weighted by molar-refractivity contribution is 7.84. The minimum Gasteiger partial charge on any atom is -0.478 e. The molecule has 1 aromatic heterocycles. The summed E-state index contributed by atoms with van der Waals surface area (Å²) >= 11 is 0. The van der Waals surface area contributed by atoms with Crippen molar-refractivity contribution in [3.63, 3.8) is 0 Å². The summed E-state index contributed by atoms with van der Waals surface area (Å²) < 4.78 is 16.6. The fraction of sp³-hybridized carbons (Fsp3) is 0.636. The molecule has 1 unspecified atom stereocenters. The molecule has 96 valence electrons. The lowest BCUT2D eigenvalue weighted by atomic mass is 10.4. The summed E-state index contributed by atoms with van der Waals surface area (Å²) in [5, 5.41) is 3.05. The quantitative estimate of drug-likeness (QED) is 0.799. The molecule has 0 aliphatic heterocycles. The van der Waals surface area contributed by atoms with Crippen molar-refractivity contribution >= 4 is 16.7 Å². The Bertz CT molecular complexity index is 385. The van der Waals surface area contributed by atoms with Gasteiger partial charge in [-0.2, -0.15) is 4.98 Å². The molecule has 1 heterocycles. The van der Waals surface area contributed by atoms with E-state index < -0.39 is 10.8 Å². The first kappa shape index (κ1) is 13.9. The van der Waals surface area contributed by atoms with E-state index in [2.05, 4.69) is 15.3 Å². The molecule has 0 spiro atoms. The molecule has 1 N–H and O–H groups in total. The predicted octanol–water partition coefficient (Wildman–Crippen LogP) is 1.36. The van der Waals surface area contributed by atoms with Gasteiger partial charge in [-0.3, -0.25) is 4.21 Å². The molecule has 17 heavy (non-hydrogen) atoms. The van der Waals surface area contributed by atoms with Gasteiger partial charge < -0.3 is 10.1 Å². The van der Waals surface area contributed by atoms with Crippen molar-refractivity contribution in [3.05, 3.63) is 11.8 Å². The Balaban J connectivity index is 2.55. The van der Waals surface area contributed by atoms with Gasteiger partial charge in [0, 0.05) is 40.6 Å². The SMILES string of the molecule is CCOc1cc(C)nc(NCCS(=O)CC)n1. The minimum atomic E-state index is -0.764. The van der Waals surface area contributed by atoms with E-state index in [4.69, 9.17) is 4.74 Å². The fourth-order valence-electron chi connectivity index (χ4n) is 1.26. The highest BCUT2D eigenvalue weighted by Gasteiger charge is 2.03. The molecule has 5 nitrogen and oxygen atoms in total. The third-order valence-electron chi connectivity index (χ3n) is 2.06. The van der Waals surface area contributed by atoms with Crippen LogP contribution in [0.4, 0.5) is 5.95 Å². The van der Waals surface area contributed by atoms with Crippen molar-refractivity contribution in [3.8, 4) is 5.88 Å². The molecule has 1 atom stereocenters. The second-order valence-electron chi connectivity index (χ2n) is 3.46. The van der Waals surface area contributed by atoms with E-state index in [-0.39, 0.29) is 0 Å². The summed E-state index contributed by atoms with van der Waals surface area (Å²) in [5.41, 5.74) is 0.850. The largest absolute Gasteiger partial charge is 0.478 e. The molecule has 0 amide bonds. The maximum Gasteiger partial charge on any atom is 0.226 e. The van der Waals surface area contributed by atoms with Gasteiger partial charge in [0.15, 0.2) is 0 Å². The highest BCUT2D eigenvalue weighted by Crippen LogP contribution is 2.11. The highest BCUT2D eigenvalue weighted by atomic mass is 32.2. The van der Waals surface area contributed by atoms with Crippen LogP contribution in [0.2, 0.25) is 0 Å². The van der Waals surface area contributed by atoms with Crippen LogP contribution in [0.25, 0.3) is 0 Å². The Hall–Kier alpha value is -1.17. The van der Waals surface area contributed by atoms with E-state index >= 15 is 0 Å². The summed E-state index contributed by atoms with van der Waals surface area (Å²) in [5.74, 6) is 2.39. The summed E-state index contributed by atoms with van der Waals surface area (Å²) in [7, 11) is -0.764. The van der Waals surface area contributed by atoms with E-state index in [1.54, 1.807) is 6.07 Å². The lowest BCUT2D eigenvalue weighted by Crippen LogP contribution is -2.14. The van der Waals surface area contributed by atoms with Gasteiger partial charge in [0.2, 0.25) is 11.8 Å². The first-order valence-corrected chi connectivity index (χ1v) is 7.21. The van der Waals surface area contributed by atoms with Gasteiger partial charge >= 0.3 is 0 Å². The van der Waals surface area contributed by atoms with Crippen LogP contribution in [0.15, 0.2) is 6.07 Å². The summed E-state index contributed by atoms with van der Waals surface area (Å²) in [4.78, 5) is 8.44. The molecule has 0 aromatic carbocycles. The molecule has 6 heteroatoms. The van der Waals surface area contributed by atoms with Crippen molar-refractivity contribution in [2.75, 3.05) is 30.0 Å². The van der Waals surface area contributed by atoms with Crippen LogP contribution in [-0.2, 0) is 10.8 Å². The van der Waals surface area contributed by atoms with Crippen molar-refractivity contribution < 1.29 is 8.95 Å². The predicted molar refractivity (Wildman–Crippen MR) is 70.0 cm³/mol. The number of nitrogens with zero attached hydrogens (tertiary/aromatic N) is 2. The molecular formula is C11H19N3O2S. The third kappa shape index (κ3) is 5.12. The maximum absolute atomic E-state index is 11.2. The molecule has 0 aliphatic rings. The lowest BCUT2D eigenvalue weighted by Gasteiger charge is -2.07. The maximum atomic E-state index is 11.2. The van der Waals surface area contributed by atoms with Crippen LogP contribution < -0.4 is 10.1 Å². The number of hydrogen-bond acceptors (Lipinski definition) is 5. The van der Waals surface area contributed by atoms with E-state index in [0.29, 0.717) is 36.5 Å². The summed E-state index contributed by atoms with van der Waals surface area (Å²) in [6.07, 6.45) is 0. The smallest absolute Gasteiger partial charge is 0.226 e. The Morgan fingerprint density at radius 3 is 2.82 bits per heavy atom. The number of nitrogens with one attached hydrogen (secondary N) is 1. The Labute approximate surface area is 104 Å². The van der Waals surface area contributed by atoms with Gasteiger partial charge in [0.1, 0.15) is 0 Å². The van der Waals surface area contributed by atoms with Crippen molar-refractivity contribution in [2.45, 2.75) is 20.8 Å². The number of rotatable bonds is 7. The van der Waals surface area contributed by atoms with E-state index in [9.17, 15) is 4.21 Å². The Kier molecular flexibility index (Phi) is 5.90. The van der Waals surface area contributed by atoms with Gasteiger partial charge in [0.05, 0.1) is 6.61 Å². The second-order valence-corrected chi connectivity index (χ2v) is 5.33. The van der Waals surface area contributed by atoms with Crippen LogP contribution in [0.1, 0.15) is 19.5 Å². The second kappa shape index (κ2) is 7.21. The van der Waals surface area contributed by atoms with Crippen LogP contribution in [0.3, 0.4) is 0 Å². The van der Waals surface area contributed by atoms with Crippen molar-refractivity contribution in [2.24, 2.45) is 0 Å². The van der Waals surface area contributed by atoms with E-state index in [0.717, 1.165) is 5.69 Å². The summed E-state index contributed by atoms with van der Waals surface area (Å²) in [6.45, 7) is 6.90. The zero-order valence-corrected chi connectivity index (χ0v) is 11.3. The lowest BCUT2D eigenvalue weighted by molar-refractivity contribution is 0.326. The third-order valence-corrected chi connectivity index (χ3v) is 3.36. The molecule has 0 fully saturated rings. The summed E-state index contributed by atoms with van der Waals surface area (Å²) in [6, 6.07) is 1.79. The van der Waals surface area contributed by atoms with Gasteiger partial charge in [-0.15, -0.1) is 0 Å². The topological polar surface area (TPSA) is 64.1 Å². The molecular weight excluding hydrogens is 238 g/mol. The molecule has 1 rings (SSSR count). The van der Waals surface area contributed by atoms with Gasteiger partial charge in [-0.1, -0.05) is 6.92 Å². The van der Waals surface area contributed by atoms with Gasteiger partial charge in [-0.05, 0) is 13.8 Å². The average molecular weight is 257 g/mol. The molecule has 0 radical (unpaired) electrons. The fourth-order valence-corrected chi connectivity index (χ4v) is 1.88. The van der Waals surface area contributed by atoms with Gasteiger partial charge in [0.25, 0.3) is 0 Å². The zero-order valence-electron chi connectivity index (χ0n) is 10.5. The number of aromatic nitrogens is 2. The van der Waals surface area contributed by atoms with E-state index in [1.165, 1.54) is 0 Å². The molecule has 0 bridgehead atoms. The van der Waals surface area contributed by atoms with Crippen LogP contribution in [0, 0.1) is 6.92 Å². The first-order chi connectivity index (χ1) is 8.15. The van der Waals surface area contributed by atoms with Crippen molar-refractivity contribution in [1.82, 2.24) is 9.97 Å². The molecule has 0 saturated heterocycles. The number of aryl methyl sites for hydroxylation is 1. The number of anilines is 1. The molecule has 0 saturated carbocycles. The normalized spacial score (nSPS) is 12.2. The monoisotopic (exact) mass is 257 g/mol. The zero-order chi connectivity index (χ0) is 12.7. The Morgan fingerprint density at radius 1 is 1.41 bits per heavy atom. The van der Waals surface area contributed by atoms with Crippen LogP contribution in [-0.4, -0.2) is 38.8 Å². The standard InChI is InChI=1S/C11H19N3O2S/c1-4-16-10-8-9(3)13-11(14-10)12-6-7-17(15)5-2/h8H,4-7H2,1-3H3,(H,12,13,14). The van der Waals surface area contributed by atoms with Crippen LogP contribution in [0.5, 0.6) is 5.88 Å². The van der Waals surface area contributed by atoms with Crippen molar-refractivity contribution in [1.29, 1.82) is 0 Å². The number of ether oxygens (including phenoxy) is 1.